The molecule has 2 atom stereocenters. The lowest BCUT2D eigenvalue weighted by molar-refractivity contribution is -0.151. The number of Topliss-reactive ketones (excluding diaryl/α,β-unsaturated/α-hetero) is 1. The fourth-order valence-electron chi connectivity index (χ4n) is 3.84. The van der Waals surface area contributed by atoms with Crippen molar-refractivity contribution in [1.82, 2.24) is 0 Å². The molecule has 3 nitrogen and oxygen atoms in total. The molecule has 0 aliphatic heterocycles. The molecular formula is C16H18O3. The first-order valence-corrected chi connectivity index (χ1v) is 6.91. The molecule has 2 aliphatic carbocycles. The number of hydrogen-bond donors (Lipinski definition) is 0. The Balaban J connectivity index is 2.15. The third-order valence-electron chi connectivity index (χ3n) is 4.80. The van der Waals surface area contributed by atoms with Crippen LogP contribution in [0.5, 0.6) is 0 Å². The van der Waals surface area contributed by atoms with Crippen LogP contribution in [0, 0.1) is 11.3 Å². The molecule has 100 valence electrons. The minimum atomic E-state index is -0.915. The Bertz CT molecular complexity index is 535. The van der Waals surface area contributed by atoms with Gasteiger partial charge in [-0.1, -0.05) is 30.7 Å². The molecule has 1 aromatic rings. The van der Waals surface area contributed by atoms with E-state index in [9.17, 15) is 9.59 Å². The molecule has 0 unspecified atom stereocenters. The van der Waals surface area contributed by atoms with E-state index in [1.165, 1.54) is 7.11 Å². The first-order chi connectivity index (χ1) is 9.20. The molecule has 1 fully saturated rings. The summed E-state index contributed by atoms with van der Waals surface area (Å²) in [6.07, 6.45) is 4.31. The highest BCUT2D eigenvalue weighted by molar-refractivity contribution is 6.14. The SMILES string of the molecule is COC(=O)[C@@]12CCC[C@H]1CCc1ccccc1C2=O. The van der Waals surface area contributed by atoms with Gasteiger partial charge in [-0.15, -0.1) is 0 Å². The summed E-state index contributed by atoms with van der Waals surface area (Å²) in [5.41, 5.74) is 0.879. The molecule has 3 rings (SSSR count). The van der Waals surface area contributed by atoms with Gasteiger partial charge >= 0.3 is 5.97 Å². The summed E-state index contributed by atoms with van der Waals surface area (Å²) in [6, 6.07) is 7.68. The van der Waals surface area contributed by atoms with Crippen molar-refractivity contribution in [2.24, 2.45) is 11.3 Å². The van der Waals surface area contributed by atoms with Crippen molar-refractivity contribution in [2.75, 3.05) is 7.11 Å². The predicted molar refractivity (Wildman–Crippen MR) is 70.9 cm³/mol. The summed E-state index contributed by atoms with van der Waals surface area (Å²) in [6.45, 7) is 0. The Morgan fingerprint density at radius 2 is 2.11 bits per heavy atom. The molecule has 0 aromatic heterocycles. The van der Waals surface area contributed by atoms with E-state index in [0.717, 1.165) is 36.8 Å². The molecule has 2 aliphatic rings. The van der Waals surface area contributed by atoms with E-state index < -0.39 is 5.41 Å². The average Bonchev–Trinajstić information content (AvgIpc) is 2.84. The molecule has 0 radical (unpaired) electrons. The first-order valence-electron chi connectivity index (χ1n) is 6.91. The van der Waals surface area contributed by atoms with Gasteiger partial charge in [0, 0.05) is 5.56 Å². The van der Waals surface area contributed by atoms with Gasteiger partial charge in [-0.3, -0.25) is 9.59 Å². The number of hydrogen-bond acceptors (Lipinski definition) is 3. The standard InChI is InChI=1S/C16H18O3/c1-19-15(18)16-10-4-6-12(16)9-8-11-5-2-3-7-13(11)14(16)17/h2-3,5,7,12H,4,6,8-10H2,1H3/t12-,16-/m0/s1. The van der Waals surface area contributed by atoms with Crippen LogP contribution in [0.15, 0.2) is 24.3 Å². The van der Waals surface area contributed by atoms with Gasteiger partial charge in [0.25, 0.3) is 0 Å². The van der Waals surface area contributed by atoms with Crippen LogP contribution < -0.4 is 0 Å². The molecule has 0 saturated heterocycles. The van der Waals surface area contributed by atoms with Gasteiger partial charge in [0.05, 0.1) is 7.11 Å². The fourth-order valence-corrected chi connectivity index (χ4v) is 3.84. The third kappa shape index (κ3) is 1.64. The molecule has 0 bridgehead atoms. The molecule has 0 amide bonds. The van der Waals surface area contributed by atoms with Gasteiger partial charge in [-0.05, 0) is 37.2 Å². The Labute approximate surface area is 113 Å². The van der Waals surface area contributed by atoms with Crippen LogP contribution in [0.4, 0.5) is 0 Å². The van der Waals surface area contributed by atoms with Gasteiger partial charge in [0.15, 0.2) is 5.78 Å². The highest BCUT2D eigenvalue weighted by atomic mass is 16.5. The van der Waals surface area contributed by atoms with Gasteiger partial charge in [-0.25, -0.2) is 0 Å². The lowest BCUT2D eigenvalue weighted by Crippen LogP contribution is -2.42. The van der Waals surface area contributed by atoms with Gasteiger partial charge < -0.3 is 4.74 Å². The largest absolute Gasteiger partial charge is 0.468 e. The molecule has 1 saturated carbocycles. The van der Waals surface area contributed by atoms with E-state index in [0.29, 0.717) is 6.42 Å². The van der Waals surface area contributed by atoms with Crippen LogP contribution in [0.2, 0.25) is 0 Å². The van der Waals surface area contributed by atoms with Crippen molar-refractivity contribution in [1.29, 1.82) is 0 Å². The highest BCUT2D eigenvalue weighted by Crippen LogP contribution is 2.50. The Hall–Kier alpha value is -1.64. The van der Waals surface area contributed by atoms with Crippen molar-refractivity contribution in [2.45, 2.75) is 32.1 Å². The predicted octanol–water partition coefficient (Wildman–Crippen LogP) is 2.78. The van der Waals surface area contributed by atoms with Crippen LogP contribution >= 0.6 is 0 Å². The zero-order valence-corrected chi connectivity index (χ0v) is 11.1. The van der Waals surface area contributed by atoms with Crippen molar-refractivity contribution >= 4 is 11.8 Å². The molecule has 0 spiro atoms. The average molecular weight is 258 g/mol. The summed E-state index contributed by atoms with van der Waals surface area (Å²) in [7, 11) is 1.39. The minimum absolute atomic E-state index is 0.0186. The summed E-state index contributed by atoms with van der Waals surface area (Å²) in [4.78, 5) is 25.2. The molecule has 19 heavy (non-hydrogen) atoms. The Morgan fingerprint density at radius 3 is 2.89 bits per heavy atom. The van der Waals surface area contributed by atoms with Gasteiger partial charge in [0.1, 0.15) is 5.41 Å². The number of methoxy groups -OCH3 is 1. The Morgan fingerprint density at radius 1 is 1.32 bits per heavy atom. The van der Waals surface area contributed by atoms with E-state index in [2.05, 4.69) is 0 Å². The number of aryl methyl sites for hydroxylation is 1. The second kappa shape index (κ2) is 4.48. The van der Waals surface area contributed by atoms with Crippen LogP contribution in [0.3, 0.4) is 0 Å². The van der Waals surface area contributed by atoms with Gasteiger partial charge in [0.2, 0.25) is 0 Å². The number of carbonyl (C=O) groups is 2. The van der Waals surface area contributed by atoms with E-state index in [4.69, 9.17) is 4.74 Å². The van der Waals surface area contributed by atoms with Crippen LogP contribution in [0.25, 0.3) is 0 Å². The second-order valence-electron chi connectivity index (χ2n) is 5.58. The highest BCUT2D eigenvalue weighted by Gasteiger charge is 2.56. The fraction of sp³-hybridized carbons (Fsp3) is 0.500. The first kappa shape index (κ1) is 12.4. The van der Waals surface area contributed by atoms with Gasteiger partial charge in [-0.2, -0.15) is 0 Å². The second-order valence-corrected chi connectivity index (χ2v) is 5.58. The summed E-state index contributed by atoms with van der Waals surface area (Å²) < 4.78 is 4.98. The van der Waals surface area contributed by atoms with E-state index >= 15 is 0 Å². The van der Waals surface area contributed by atoms with Crippen LogP contribution in [-0.4, -0.2) is 18.9 Å². The molecule has 0 N–H and O–H groups in total. The maximum atomic E-state index is 12.9. The monoisotopic (exact) mass is 258 g/mol. The van der Waals surface area contributed by atoms with Crippen molar-refractivity contribution in [3.63, 3.8) is 0 Å². The smallest absolute Gasteiger partial charge is 0.320 e. The zero-order valence-electron chi connectivity index (χ0n) is 11.1. The van der Waals surface area contributed by atoms with Crippen molar-refractivity contribution < 1.29 is 14.3 Å². The lowest BCUT2D eigenvalue weighted by atomic mass is 9.72. The summed E-state index contributed by atoms with van der Waals surface area (Å²) in [5, 5.41) is 0. The van der Waals surface area contributed by atoms with E-state index in [-0.39, 0.29) is 17.7 Å². The maximum absolute atomic E-state index is 12.9. The molecule has 0 heterocycles. The lowest BCUT2D eigenvalue weighted by Gasteiger charge is -2.29. The number of ketones is 1. The van der Waals surface area contributed by atoms with Crippen molar-refractivity contribution in [3.05, 3.63) is 35.4 Å². The number of ether oxygens (including phenoxy) is 1. The van der Waals surface area contributed by atoms with Crippen LogP contribution in [-0.2, 0) is 16.0 Å². The summed E-state index contributed by atoms with van der Waals surface area (Å²) in [5.74, 6) is -0.216. The number of rotatable bonds is 1. The van der Waals surface area contributed by atoms with Crippen LogP contribution in [0.1, 0.15) is 41.6 Å². The van der Waals surface area contributed by atoms with E-state index in [1.807, 2.05) is 24.3 Å². The maximum Gasteiger partial charge on any atom is 0.320 e. The minimum Gasteiger partial charge on any atom is -0.468 e. The number of fused-ring (bicyclic) bond motifs is 2. The molecule has 3 heteroatoms. The molecule has 1 aromatic carbocycles. The third-order valence-corrected chi connectivity index (χ3v) is 4.80. The topological polar surface area (TPSA) is 43.4 Å². The quantitative estimate of drug-likeness (QED) is 0.574. The van der Waals surface area contributed by atoms with Crippen molar-refractivity contribution in [3.8, 4) is 0 Å². The van der Waals surface area contributed by atoms with E-state index in [1.54, 1.807) is 0 Å². The summed E-state index contributed by atoms with van der Waals surface area (Å²) >= 11 is 0. The molecular weight excluding hydrogens is 240 g/mol. The Kier molecular flexibility index (Phi) is 2.92. The zero-order chi connectivity index (χ0) is 13.5. The normalized spacial score (nSPS) is 29.3. The number of carbonyl (C=O) groups excluding carboxylic acids is 2. The number of esters is 1. The number of benzene rings is 1.